The van der Waals surface area contributed by atoms with Gasteiger partial charge in [0.05, 0.1) is 13.2 Å². The van der Waals surface area contributed by atoms with Gasteiger partial charge in [-0.25, -0.2) is 0 Å². The average Bonchev–Trinajstić information content (AvgIpc) is 3.21. The number of hydrogen-bond donors (Lipinski definition) is 0. The Balaban J connectivity index is 1.41. The number of Topliss-reactive ketones (excluding diaryl/α,β-unsaturated/α-hetero) is 1. The monoisotopic (exact) mass is 272 g/mol. The van der Waals surface area contributed by atoms with Gasteiger partial charge in [-0.15, -0.1) is 0 Å². The Morgan fingerprint density at radius 2 is 2.00 bits per heavy atom. The fourth-order valence-electron chi connectivity index (χ4n) is 2.58. The lowest BCUT2D eigenvalue weighted by atomic mass is 9.93. The summed E-state index contributed by atoms with van der Waals surface area (Å²) in [5, 5.41) is 0. The van der Waals surface area contributed by atoms with E-state index in [2.05, 4.69) is 0 Å². The Morgan fingerprint density at radius 1 is 1.20 bits per heavy atom. The minimum Gasteiger partial charge on any atom is -0.374 e. The van der Waals surface area contributed by atoms with Crippen LogP contribution < -0.4 is 0 Å². The Hall–Kier alpha value is -1.45. The molecule has 1 saturated heterocycles. The first kappa shape index (κ1) is 13.5. The highest BCUT2D eigenvalue weighted by atomic mass is 16.6. The number of ketones is 1. The molecule has 0 amide bonds. The number of allylic oxidation sites excluding steroid dienone is 1. The second kappa shape index (κ2) is 6.33. The van der Waals surface area contributed by atoms with Crippen LogP contribution >= 0.6 is 0 Å². The molecule has 1 heterocycles. The Labute approximate surface area is 119 Å². The summed E-state index contributed by atoms with van der Waals surface area (Å²) in [4.78, 5) is 11.7. The summed E-state index contributed by atoms with van der Waals surface area (Å²) in [6.45, 7) is 1.21. The predicted molar refractivity (Wildman–Crippen MR) is 76.3 cm³/mol. The van der Waals surface area contributed by atoms with Crippen molar-refractivity contribution in [1.29, 1.82) is 0 Å². The Bertz CT molecular complexity index is 492. The van der Waals surface area contributed by atoms with Gasteiger partial charge in [0.15, 0.2) is 5.78 Å². The van der Waals surface area contributed by atoms with Crippen LogP contribution in [0.4, 0.5) is 0 Å². The lowest BCUT2D eigenvalue weighted by Crippen LogP contribution is -2.10. The van der Waals surface area contributed by atoms with Crippen molar-refractivity contribution in [2.24, 2.45) is 0 Å². The predicted octanol–water partition coefficient (Wildman–Crippen LogP) is 3.04. The highest BCUT2D eigenvalue weighted by Crippen LogP contribution is 2.28. The third-order valence-corrected chi connectivity index (χ3v) is 3.84. The molecular weight excluding hydrogens is 252 g/mol. The van der Waals surface area contributed by atoms with Gasteiger partial charge in [0, 0.05) is 6.42 Å². The van der Waals surface area contributed by atoms with E-state index < -0.39 is 0 Å². The molecule has 0 unspecified atom stereocenters. The quantitative estimate of drug-likeness (QED) is 0.611. The first-order chi connectivity index (χ1) is 9.83. The molecule has 20 heavy (non-hydrogen) atoms. The summed E-state index contributed by atoms with van der Waals surface area (Å²) in [5.74, 6) is 0.302. The van der Waals surface area contributed by atoms with Crippen molar-refractivity contribution in [2.75, 3.05) is 6.61 Å². The number of benzene rings is 1. The van der Waals surface area contributed by atoms with Crippen molar-refractivity contribution in [3.63, 3.8) is 0 Å². The van der Waals surface area contributed by atoms with E-state index in [4.69, 9.17) is 9.47 Å². The van der Waals surface area contributed by atoms with Gasteiger partial charge >= 0.3 is 0 Å². The van der Waals surface area contributed by atoms with Gasteiger partial charge in [-0.1, -0.05) is 30.3 Å². The number of carbonyl (C=O) groups is 1. The van der Waals surface area contributed by atoms with E-state index in [0.717, 1.165) is 24.8 Å². The van der Waals surface area contributed by atoms with Gasteiger partial charge in [0.2, 0.25) is 0 Å². The maximum Gasteiger partial charge on any atom is 0.158 e. The van der Waals surface area contributed by atoms with E-state index in [9.17, 15) is 4.79 Å². The lowest BCUT2D eigenvalue weighted by Gasteiger charge is -2.11. The fraction of sp³-hybridized carbons (Fsp3) is 0.471. The van der Waals surface area contributed by atoms with E-state index >= 15 is 0 Å². The fourth-order valence-corrected chi connectivity index (χ4v) is 2.58. The van der Waals surface area contributed by atoms with Crippen molar-refractivity contribution >= 4 is 5.78 Å². The normalized spacial score (nSPS) is 27.8. The second-order valence-electron chi connectivity index (χ2n) is 5.46. The summed E-state index contributed by atoms with van der Waals surface area (Å²) in [5.41, 5.74) is 2.14. The molecule has 0 radical (unpaired) electrons. The molecule has 2 aliphatic rings. The first-order valence-corrected chi connectivity index (χ1v) is 7.34. The van der Waals surface area contributed by atoms with E-state index in [1.165, 1.54) is 5.56 Å². The minimum absolute atomic E-state index is 0.0859. The molecule has 2 fully saturated rings. The molecule has 0 spiro atoms. The number of hydrogen-bond acceptors (Lipinski definition) is 3. The number of ether oxygens (including phenoxy) is 2. The summed E-state index contributed by atoms with van der Waals surface area (Å²) in [7, 11) is 0. The smallest absolute Gasteiger partial charge is 0.158 e. The molecule has 0 N–H and O–H groups in total. The molecule has 1 aliphatic heterocycles. The van der Waals surface area contributed by atoms with E-state index in [1.807, 2.05) is 36.4 Å². The zero-order valence-electron chi connectivity index (χ0n) is 11.6. The molecule has 1 aromatic carbocycles. The molecule has 0 aromatic heterocycles. The summed E-state index contributed by atoms with van der Waals surface area (Å²) >= 11 is 0. The van der Waals surface area contributed by atoms with Gasteiger partial charge in [-0.05, 0) is 36.5 Å². The molecular formula is C17H20O3. The van der Waals surface area contributed by atoms with Crippen LogP contribution in [0.25, 0.3) is 0 Å². The van der Waals surface area contributed by atoms with Gasteiger partial charge in [0.25, 0.3) is 0 Å². The number of rotatable bonds is 5. The van der Waals surface area contributed by atoms with Gasteiger partial charge in [0.1, 0.15) is 12.2 Å². The third kappa shape index (κ3) is 3.56. The summed E-state index contributed by atoms with van der Waals surface area (Å²) in [6, 6.07) is 10.1. The number of epoxide rings is 1. The molecule has 1 aliphatic carbocycles. The topological polar surface area (TPSA) is 38.8 Å². The third-order valence-electron chi connectivity index (χ3n) is 3.84. The standard InChI is InChI=1S/C17H20O3/c18-15-9-5-4-8-14(15)10-16-17(20-16)12-19-11-13-6-2-1-3-7-13/h1-3,6-7,10,16-17H,4-5,8-9,11-12H2/b14-10+/t16-,17-/m1/s1. The zero-order valence-corrected chi connectivity index (χ0v) is 11.6. The highest BCUT2D eigenvalue weighted by Gasteiger charge is 2.38. The van der Waals surface area contributed by atoms with Gasteiger partial charge in [-0.3, -0.25) is 4.79 Å². The van der Waals surface area contributed by atoms with Crippen LogP contribution in [0.15, 0.2) is 42.0 Å². The average molecular weight is 272 g/mol. The summed E-state index contributed by atoms with van der Waals surface area (Å²) in [6.07, 6.45) is 6.00. The molecule has 0 bridgehead atoms. The van der Waals surface area contributed by atoms with Crippen LogP contribution in [0, 0.1) is 0 Å². The molecule has 2 atom stereocenters. The minimum atomic E-state index is 0.0859. The Morgan fingerprint density at radius 3 is 2.80 bits per heavy atom. The van der Waals surface area contributed by atoms with Gasteiger partial charge in [-0.2, -0.15) is 0 Å². The van der Waals surface area contributed by atoms with Crippen molar-refractivity contribution < 1.29 is 14.3 Å². The van der Waals surface area contributed by atoms with Crippen LogP contribution in [-0.2, 0) is 20.9 Å². The van der Waals surface area contributed by atoms with Crippen LogP contribution in [0.5, 0.6) is 0 Å². The van der Waals surface area contributed by atoms with Crippen LogP contribution in [0.2, 0.25) is 0 Å². The lowest BCUT2D eigenvalue weighted by molar-refractivity contribution is -0.116. The van der Waals surface area contributed by atoms with Crippen LogP contribution in [-0.4, -0.2) is 24.6 Å². The van der Waals surface area contributed by atoms with Crippen LogP contribution in [0.3, 0.4) is 0 Å². The highest BCUT2D eigenvalue weighted by molar-refractivity contribution is 5.96. The van der Waals surface area contributed by atoms with Crippen molar-refractivity contribution in [2.45, 2.75) is 44.5 Å². The molecule has 3 heteroatoms. The van der Waals surface area contributed by atoms with Crippen molar-refractivity contribution in [3.8, 4) is 0 Å². The van der Waals surface area contributed by atoms with Crippen molar-refractivity contribution in [3.05, 3.63) is 47.5 Å². The largest absolute Gasteiger partial charge is 0.374 e. The van der Waals surface area contributed by atoms with Gasteiger partial charge < -0.3 is 9.47 Å². The molecule has 3 rings (SSSR count). The molecule has 1 aromatic rings. The SMILES string of the molecule is O=C1CCCC/C1=C\[C@H]1O[C@@H]1COCc1ccccc1. The molecule has 1 saturated carbocycles. The van der Waals surface area contributed by atoms with E-state index in [-0.39, 0.29) is 12.2 Å². The zero-order chi connectivity index (χ0) is 13.8. The Kier molecular flexibility index (Phi) is 4.28. The number of carbonyl (C=O) groups excluding carboxylic acids is 1. The summed E-state index contributed by atoms with van der Waals surface area (Å²) < 4.78 is 11.2. The van der Waals surface area contributed by atoms with E-state index in [1.54, 1.807) is 0 Å². The maximum atomic E-state index is 11.7. The van der Waals surface area contributed by atoms with Crippen molar-refractivity contribution in [1.82, 2.24) is 0 Å². The molecule has 3 nitrogen and oxygen atoms in total. The maximum absolute atomic E-state index is 11.7. The first-order valence-electron chi connectivity index (χ1n) is 7.34. The van der Waals surface area contributed by atoms with E-state index in [0.29, 0.717) is 25.4 Å². The molecule has 106 valence electrons. The van der Waals surface area contributed by atoms with Crippen LogP contribution in [0.1, 0.15) is 31.2 Å². The second-order valence-corrected chi connectivity index (χ2v) is 5.46.